The summed E-state index contributed by atoms with van der Waals surface area (Å²) < 4.78 is 2.14. The first-order valence-corrected chi connectivity index (χ1v) is 13.2. The van der Waals surface area contributed by atoms with Gasteiger partial charge in [-0.1, -0.05) is 17.7 Å². The van der Waals surface area contributed by atoms with E-state index in [2.05, 4.69) is 26.4 Å². The number of fused-ring (bicyclic) bond motifs is 1. The van der Waals surface area contributed by atoms with Gasteiger partial charge in [-0.2, -0.15) is 0 Å². The number of nitrogens with two attached hydrogens (primary N) is 1. The molecular weight excluding hydrogens is 470 g/mol. The van der Waals surface area contributed by atoms with Gasteiger partial charge in [0.2, 0.25) is 0 Å². The number of pyridine rings is 3. The third-order valence-electron chi connectivity index (χ3n) is 8.60. The summed E-state index contributed by atoms with van der Waals surface area (Å²) in [6.07, 6.45) is 10.8. The summed E-state index contributed by atoms with van der Waals surface area (Å²) in [5.74, 6) is 2.07. The molecule has 6 heterocycles. The van der Waals surface area contributed by atoms with Crippen molar-refractivity contribution in [1.29, 1.82) is 0 Å². The molecule has 7 nitrogen and oxygen atoms in total. The topological polar surface area (TPSA) is 85.2 Å². The number of nitrogen functional groups attached to an aromatic ring is 1. The number of anilines is 2. The molecule has 5 aromatic heterocycles. The van der Waals surface area contributed by atoms with Gasteiger partial charge < -0.3 is 10.6 Å². The number of halogens is 1. The van der Waals surface area contributed by atoms with E-state index in [0.717, 1.165) is 78.4 Å². The molecule has 0 amide bonds. The summed E-state index contributed by atoms with van der Waals surface area (Å²) in [7, 11) is 0. The number of rotatable bonds is 3. The van der Waals surface area contributed by atoms with Crippen molar-refractivity contribution in [3.05, 3.63) is 64.7 Å². The fourth-order valence-electron chi connectivity index (χ4n) is 6.44. The van der Waals surface area contributed by atoms with Gasteiger partial charge in [-0.15, -0.1) is 0 Å². The molecule has 8 heteroatoms. The van der Waals surface area contributed by atoms with E-state index in [1.807, 2.05) is 24.4 Å². The molecule has 0 aromatic carbocycles. The van der Waals surface area contributed by atoms with Crippen molar-refractivity contribution in [3.63, 3.8) is 0 Å². The Balaban J connectivity index is 1.09. The summed E-state index contributed by atoms with van der Waals surface area (Å²) in [5.41, 5.74) is 15.0. The monoisotopic (exact) mass is 495 g/mol. The molecule has 0 unspecified atom stereocenters. The summed E-state index contributed by atoms with van der Waals surface area (Å²) >= 11 is 6.49. The second kappa shape index (κ2) is 7.29. The first kappa shape index (κ1) is 20.7. The van der Waals surface area contributed by atoms with E-state index in [0.29, 0.717) is 16.3 Å². The SMILES string of the molecule is Nc1nccc(-c2ccc3nc(N4CCC5(CC4)Cc4ccc(C6CC6)nc4C5)c4cnc2n34)c1Cl. The highest BCUT2D eigenvalue weighted by Crippen LogP contribution is 2.47. The van der Waals surface area contributed by atoms with Crippen LogP contribution in [0.3, 0.4) is 0 Å². The summed E-state index contributed by atoms with van der Waals surface area (Å²) in [4.78, 5) is 21.4. The van der Waals surface area contributed by atoms with E-state index in [9.17, 15) is 0 Å². The van der Waals surface area contributed by atoms with Gasteiger partial charge in [0.25, 0.3) is 0 Å². The van der Waals surface area contributed by atoms with Gasteiger partial charge in [0.05, 0.1) is 11.2 Å². The van der Waals surface area contributed by atoms with E-state index in [1.54, 1.807) is 6.20 Å². The van der Waals surface area contributed by atoms with Crippen LogP contribution in [0.4, 0.5) is 11.6 Å². The van der Waals surface area contributed by atoms with Gasteiger partial charge in [0.1, 0.15) is 22.6 Å². The first-order chi connectivity index (χ1) is 17.6. The number of hydrogen-bond acceptors (Lipinski definition) is 6. The van der Waals surface area contributed by atoms with Gasteiger partial charge in [-0.05, 0) is 73.8 Å². The molecule has 0 atom stereocenters. The molecular formula is C28H26ClN7. The zero-order valence-corrected chi connectivity index (χ0v) is 20.7. The number of nitrogens with zero attached hydrogens (tertiary/aromatic N) is 6. The number of piperidine rings is 1. The predicted octanol–water partition coefficient (Wildman–Crippen LogP) is 5.28. The molecule has 1 aliphatic heterocycles. The van der Waals surface area contributed by atoms with E-state index >= 15 is 0 Å². The Bertz CT molecular complexity index is 1650. The zero-order valence-electron chi connectivity index (χ0n) is 19.9. The maximum Gasteiger partial charge on any atom is 0.157 e. The quantitative estimate of drug-likeness (QED) is 0.366. The molecule has 5 aromatic rings. The maximum atomic E-state index is 6.49. The molecule has 2 fully saturated rings. The van der Waals surface area contributed by atoms with Crippen LogP contribution in [0.1, 0.15) is 48.6 Å². The van der Waals surface area contributed by atoms with Crippen LogP contribution in [-0.2, 0) is 12.8 Å². The van der Waals surface area contributed by atoms with Crippen LogP contribution in [-0.4, -0.2) is 37.4 Å². The van der Waals surface area contributed by atoms with Crippen LogP contribution in [0, 0.1) is 5.41 Å². The Hall–Kier alpha value is -3.45. The lowest BCUT2D eigenvalue weighted by atomic mass is 9.76. The molecule has 1 saturated heterocycles. The van der Waals surface area contributed by atoms with Gasteiger partial charge in [-0.3, -0.25) is 9.38 Å². The molecule has 180 valence electrons. The predicted molar refractivity (Wildman–Crippen MR) is 142 cm³/mol. The van der Waals surface area contributed by atoms with E-state index in [1.165, 1.54) is 29.8 Å². The normalized spacial score (nSPS) is 19.1. The fraction of sp³-hybridized carbons (Fsp3) is 0.357. The minimum Gasteiger partial charge on any atom is -0.382 e. The Morgan fingerprint density at radius 2 is 1.81 bits per heavy atom. The van der Waals surface area contributed by atoms with E-state index in [-0.39, 0.29) is 0 Å². The smallest absolute Gasteiger partial charge is 0.157 e. The Labute approximate surface area is 213 Å². The minimum absolute atomic E-state index is 0.324. The average Bonchev–Trinajstić information content (AvgIpc) is 3.39. The summed E-state index contributed by atoms with van der Waals surface area (Å²) in [6, 6.07) is 10.6. The fourth-order valence-corrected chi connectivity index (χ4v) is 6.65. The lowest BCUT2D eigenvalue weighted by Gasteiger charge is -2.39. The molecule has 0 bridgehead atoms. The van der Waals surface area contributed by atoms with Crippen LogP contribution in [0.25, 0.3) is 27.9 Å². The molecule has 3 aliphatic rings. The van der Waals surface area contributed by atoms with Gasteiger partial charge in [0.15, 0.2) is 5.82 Å². The third kappa shape index (κ3) is 2.98. The Morgan fingerprint density at radius 3 is 2.64 bits per heavy atom. The highest BCUT2D eigenvalue weighted by Gasteiger charge is 2.42. The lowest BCUT2D eigenvalue weighted by molar-refractivity contribution is 0.231. The number of hydrogen-bond donors (Lipinski definition) is 1. The molecule has 8 rings (SSSR count). The number of imidazole rings is 2. The molecule has 1 saturated carbocycles. The van der Waals surface area contributed by atoms with Crippen LogP contribution in [0.2, 0.25) is 5.02 Å². The van der Waals surface area contributed by atoms with Crippen molar-refractivity contribution < 1.29 is 0 Å². The number of aromatic nitrogens is 5. The van der Waals surface area contributed by atoms with Crippen LogP contribution < -0.4 is 10.6 Å². The highest BCUT2D eigenvalue weighted by molar-refractivity contribution is 6.35. The van der Waals surface area contributed by atoms with Crippen LogP contribution in [0.5, 0.6) is 0 Å². The van der Waals surface area contributed by atoms with Crippen molar-refractivity contribution in [2.45, 2.75) is 44.4 Å². The standard InChI is InChI=1S/C28H26ClN7/c29-24-18(7-10-31-25(24)30)19-4-6-23-34-27(22-15-32-26(19)36(22)23)35-11-8-28(9-12-35)13-17-3-5-20(16-1-2-16)33-21(17)14-28/h3-7,10,15-16H,1-2,8-9,11-14H2,(H2,30,31). The van der Waals surface area contributed by atoms with Crippen molar-refractivity contribution in [1.82, 2.24) is 24.3 Å². The zero-order chi connectivity index (χ0) is 24.0. The minimum atomic E-state index is 0.324. The molecule has 1 spiro atoms. The van der Waals surface area contributed by atoms with Gasteiger partial charge >= 0.3 is 0 Å². The van der Waals surface area contributed by atoms with E-state index < -0.39 is 0 Å². The van der Waals surface area contributed by atoms with Gasteiger partial charge in [-0.25, -0.2) is 15.0 Å². The largest absolute Gasteiger partial charge is 0.382 e. The second-order valence-corrected chi connectivity index (χ2v) is 11.2. The first-order valence-electron chi connectivity index (χ1n) is 12.8. The van der Waals surface area contributed by atoms with Crippen molar-refractivity contribution in [3.8, 4) is 11.1 Å². The van der Waals surface area contributed by atoms with Crippen LogP contribution in [0.15, 0.2) is 42.7 Å². The van der Waals surface area contributed by atoms with E-state index in [4.69, 9.17) is 32.3 Å². The summed E-state index contributed by atoms with van der Waals surface area (Å²) in [6.45, 7) is 2.01. The average molecular weight is 496 g/mol. The molecule has 0 radical (unpaired) electrons. The second-order valence-electron chi connectivity index (χ2n) is 10.9. The van der Waals surface area contributed by atoms with Crippen molar-refractivity contribution in [2.75, 3.05) is 23.7 Å². The van der Waals surface area contributed by atoms with Crippen molar-refractivity contribution in [2.24, 2.45) is 5.41 Å². The highest BCUT2D eigenvalue weighted by atomic mass is 35.5. The maximum absolute atomic E-state index is 6.49. The van der Waals surface area contributed by atoms with Crippen LogP contribution >= 0.6 is 11.6 Å². The van der Waals surface area contributed by atoms with Crippen molar-refractivity contribution >= 4 is 40.0 Å². The molecule has 2 aliphatic carbocycles. The van der Waals surface area contributed by atoms with Gasteiger partial charge in [0, 0.05) is 47.7 Å². The Morgan fingerprint density at radius 1 is 0.944 bits per heavy atom. The third-order valence-corrected chi connectivity index (χ3v) is 9.00. The molecule has 36 heavy (non-hydrogen) atoms. The Kier molecular flexibility index (Phi) is 4.20. The lowest BCUT2D eigenvalue weighted by Crippen LogP contribution is -2.41. The summed E-state index contributed by atoms with van der Waals surface area (Å²) in [5, 5.41) is 0.453. The molecule has 2 N–H and O–H groups in total.